The molecule has 86 valence electrons. The van der Waals surface area contributed by atoms with Gasteiger partial charge >= 0.3 is 0 Å². The predicted octanol–water partition coefficient (Wildman–Crippen LogP) is 0.725. The second-order valence-corrected chi connectivity index (χ2v) is 3.90. The molecule has 1 aliphatic heterocycles. The van der Waals surface area contributed by atoms with E-state index in [9.17, 15) is 9.90 Å². The lowest BCUT2D eigenvalue weighted by molar-refractivity contribution is -0.120. The first kappa shape index (κ1) is 10.9. The monoisotopic (exact) mass is 221 g/mol. The molecule has 1 aromatic heterocycles. The molecule has 0 aromatic carbocycles. The highest BCUT2D eigenvalue weighted by Gasteiger charge is 2.21. The Labute approximate surface area is 93.9 Å². The maximum absolute atomic E-state index is 11.8. The van der Waals surface area contributed by atoms with Crippen molar-refractivity contribution in [1.29, 1.82) is 0 Å². The molecular weight excluding hydrogens is 206 g/mol. The third-order valence-corrected chi connectivity index (χ3v) is 2.70. The molecule has 5 nitrogen and oxygen atoms in total. The number of amides is 1. The maximum atomic E-state index is 11.8. The standard InChI is InChI=1S/C11H15N3O2/c15-9-4-2-6-13-10(9)14-11(16)8-3-1-5-12-7-8/h2,4,6,8,12,15H,1,3,5,7H2,(H,13,14,16)/t8-/m1/s1. The summed E-state index contributed by atoms with van der Waals surface area (Å²) >= 11 is 0. The first-order valence-corrected chi connectivity index (χ1v) is 5.43. The minimum atomic E-state index is -0.0822. The van der Waals surface area contributed by atoms with Gasteiger partial charge in [-0.15, -0.1) is 0 Å². The quantitative estimate of drug-likeness (QED) is 0.688. The highest BCUT2D eigenvalue weighted by Crippen LogP contribution is 2.20. The van der Waals surface area contributed by atoms with Crippen LogP contribution in [0.25, 0.3) is 0 Å². The lowest BCUT2D eigenvalue weighted by Gasteiger charge is -2.21. The van der Waals surface area contributed by atoms with E-state index in [1.807, 2.05) is 0 Å². The number of aromatic hydroxyl groups is 1. The van der Waals surface area contributed by atoms with E-state index in [0.29, 0.717) is 6.54 Å². The van der Waals surface area contributed by atoms with Crippen LogP contribution < -0.4 is 10.6 Å². The number of aromatic nitrogens is 1. The summed E-state index contributed by atoms with van der Waals surface area (Å²) in [6, 6.07) is 3.12. The van der Waals surface area contributed by atoms with Crippen molar-refractivity contribution in [2.24, 2.45) is 5.92 Å². The van der Waals surface area contributed by atoms with Gasteiger partial charge in [0, 0.05) is 12.7 Å². The van der Waals surface area contributed by atoms with Crippen LogP contribution in [0.15, 0.2) is 18.3 Å². The van der Waals surface area contributed by atoms with E-state index in [2.05, 4.69) is 15.6 Å². The molecule has 0 radical (unpaired) electrons. The van der Waals surface area contributed by atoms with E-state index in [1.54, 1.807) is 6.07 Å². The summed E-state index contributed by atoms with van der Waals surface area (Å²) < 4.78 is 0. The Morgan fingerprint density at radius 3 is 3.19 bits per heavy atom. The number of hydrogen-bond acceptors (Lipinski definition) is 4. The second-order valence-electron chi connectivity index (χ2n) is 3.90. The Kier molecular flexibility index (Phi) is 3.36. The fourth-order valence-corrected chi connectivity index (χ4v) is 1.79. The fraction of sp³-hybridized carbons (Fsp3) is 0.455. The van der Waals surface area contributed by atoms with Gasteiger partial charge in [-0.05, 0) is 31.5 Å². The van der Waals surface area contributed by atoms with Gasteiger partial charge in [0.25, 0.3) is 0 Å². The third-order valence-electron chi connectivity index (χ3n) is 2.70. The van der Waals surface area contributed by atoms with Crippen molar-refractivity contribution >= 4 is 11.7 Å². The Morgan fingerprint density at radius 2 is 2.50 bits per heavy atom. The van der Waals surface area contributed by atoms with Crippen molar-refractivity contribution in [3.63, 3.8) is 0 Å². The maximum Gasteiger partial charge on any atom is 0.230 e. The van der Waals surface area contributed by atoms with Gasteiger partial charge in [0.05, 0.1) is 5.92 Å². The Bertz CT molecular complexity index is 375. The minimum Gasteiger partial charge on any atom is -0.504 e. The summed E-state index contributed by atoms with van der Waals surface area (Å²) in [7, 11) is 0. The molecule has 0 saturated carbocycles. The number of anilines is 1. The van der Waals surface area contributed by atoms with Gasteiger partial charge in [0.2, 0.25) is 5.91 Å². The smallest absolute Gasteiger partial charge is 0.230 e. The van der Waals surface area contributed by atoms with E-state index in [4.69, 9.17) is 0 Å². The lowest BCUT2D eigenvalue weighted by atomic mass is 9.99. The van der Waals surface area contributed by atoms with Crippen LogP contribution in [0.3, 0.4) is 0 Å². The molecule has 1 aromatic rings. The SMILES string of the molecule is O=C(Nc1ncccc1O)[C@@H]1CCCNC1. The van der Waals surface area contributed by atoms with Gasteiger partial charge in [0.15, 0.2) is 11.6 Å². The molecule has 1 amide bonds. The summed E-state index contributed by atoms with van der Waals surface area (Å²) in [6.07, 6.45) is 3.42. The molecule has 1 aliphatic rings. The van der Waals surface area contributed by atoms with Crippen LogP contribution in [0, 0.1) is 5.92 Å². The van der Waals surface area contributed by atoms with E-state index in [0.717, 1.165) is 19.4 Å². The van der Waals surface area contributed by atoms with Crippen molar-refractivity contribution < 1.29 is 9.90 Å². The van der Waals surface area contributed by atoms with Crippen LogP contribution in [0.2, 0.25) is 0 Å². The molecule has 0 aliphatic carbocycles. The molecular formula is C11H15N3O2. The van der Waals surface area contributed by atoms with Crippen molar-refractivity contribution in [3.8, 4) is 5.75 Å². The highest BCUT2D eigenvalue weighted by molar-refractivity contribution is 5.93. The van der Waals surface area contributed by atoms with Crippen molar-refractivity contribution in [2.75, 3.05) is 18.4 Å². The van der Waals surface area contributed by atoms with E-state index in [1.165, 1.54) is 12.3 Å². The van der Waals surface area contributed by atoms with Crippen LogP contribution in [-0.4, -0.2) is 29.1 Å². The largest absolute Gasteiger partial charge is 0.504 e. The summed E-state index contributed by atoms with van der Waals surface area (Å²) in [5.74, 6) is 0.119. The number of rotatable bonds is 2. The van der Waals surface area contributed by atoms with Gasteiger partial charge in [-0.1, -0.05) is 0 Å². The second kappa shape index (κ2) is 4.94. The fourth-order valence-electron chi connectivity index (χ4n) is 1.79. The van der Waals surface area contributed by atoms with E-state index in [-0.39, 0.29) is 23.4 Å². The molecule has 1 fully saturated rings. The zero-order valence-electron chi connectivity index (χ0n) is 8.94. The van der Waals surface area contributed by atoms with Crippen LogP contribution in [0.5, 0.6) is 5.75 Å². The Hall–Kier alpha value is -1.62. The first-order valence-electron chi connectivity index (χ1n) is 5.43. The predicted molar refractivity (Wildman–Crippen MR) is 60.1 cm³/mol. The molecule has 0 spiro atoms. The third kappa shape index (κ3) is 2.49. The van der Waals surface area contributed by atoms with E-state index >= 15 is 0 Å². The normalized spacial score (nSPS) is 20.4. The first-order chi connectivity index (χ1) is 7.77. The number of pyridine rings is 1. The van der Waals surface area contributed by atoms with Crippen LogP contribution >= 0.6 is 0 Å². The van der Waals surface area contributed by atoms with E-state index < -0.39 is 0 Å². The van der Waals surface area contributed by atoms with Gasteiger partial charge in [-0.25, -0.2) is 4.98 Å². The van der Waals surface area contributed by atoms with Crippen molar-refractivity contribution in [2.45, 2.75) is 12.8 Å². The average molecular weight is 221 g/mol. The molecule has 1 saturated heterocycles. The summed E-state index contributed by atoms with van der Waals surface area (Å²) in [6.45, 7) is 1.66. The molecule has 0 unspecified atom stereocenters. The average Bonchev–Trinajstić information content (AvgIpc) is 2.33. The summed E-state index contributed by atoms with van der Waals surface area (Å²) in [4.78, 5) is 15.7. The molecule has 2 heterocycles. The number of nitrogens with zero attached hydrogens (tertiary/aromatic N) is 1. The molecule has 0 bridgehead atoms. The number of nitrogens with one attached hydrogen (secondary N) is 2. The van der Waals surface area contributed by atoms with Gasteiger partial charge in [-0.2, -0.15) is 0 Å². The van der Waals surface area contributed by atoms with Crippen LogP contribution in [-0.2, 0) is 4.79 Å². The minimum absolute atomic E-state index is 0.000353. The summed E-state index contributed by atoms with van der Waals surface area (Å²) in [5.41, 5.74) is 0. The number of carbonyl (C=O) groups excluding carboxylic acids is 1. The summed E-state index contributed by atoms with van der Waals surface area (Å²) in [5, 5.41) is 15.3. The molecule has 16 heavy (non-hydrogen) atoms. The topological polar surface area (TPSA) is 74.2 Å². The number of piperidine rings is 1. The number of carbonyl (C=O) groups is 1. The Morgan fingerprint density at radius 1 is 1.62 bits per heavy atom. The zero-order valence-corrected chi connectivity index (χ0v) is 8.94. The molecule has 3 N–H and O–H groups in total. The zero-order chi connectivity index (χ0) is 11.4. The lowest BCUT2D eigenvalue weighted by Crippen LogP contribution is -2.37. The highest BCUT2D eigenvalue weighted by atomic mass is 16.3. The molecule has 2 rings (SSSR count). The van der Waals surface area contributed by atoms with Crippen LogP contribution in [0.4, 0.5) is 5.82 Å². The van der Waals surface area contributed by atoms with Crippen LogP contribution in [0.1, 0.15) is 12.8 Å². The Balaban J connectivity index is 1.99. The van der Waals surface area contributed by atoms with Gasteiger partial charge in [-0.3, -0.25) is 4.79 Å². The number of hydrogen-bond donors (Lipinski definition) is 3. The molecule has 1 atom stereocenters. The van der Waals surface area contributed by atoms with Gasteiger partial charge < -0.3 is 15.7 Å². The van der Waals surface area contributed by atoms with Crippen molar-refractivity contribution in [1.82, 2.24) is 10.3 Å². The van der Waals surface area contributed by atoms with Gasteiger partial charge in [0.1, 0.15) is 0 Å². The van der Waals surface area contributed by atoms with Crippen molar-refractivity contribution in [3.05, 3.63) is 18.3 Å². The molecule has 5 heteroatoms.